The van der Waals surface area contributed by atoms with Crippen molar-refractivity contribution in [3.63, 3.8) is 0 Å². The van der Waals surface area contributed by atoms with Crippen LogP contribution in [0, 0.1) is 5.92 Å². The Kier molecular flexibility index (Phi) is 5.65. The van der Waals surface area contributed by atoms with Crippen molar-refractivity contribution in [3.05, 3.63) is 46.3 Å². The van der Waals surface area contributed by atoms with Gasteiger partial charge >= 0.3 is 0 Å². The molecule has 3 aromatic rings. The third kappa shape index (κ3) is 4.33. The molecule has 0 aliphatic heterocycles. The summed E-state index contributed by atoms with van der Waals surface area (Å²) in [6.45, 7) is 0. The zero-order valence-corrected chi connectivity index (χ0v) is 16.5. The fraction of sp³-hybridized carbons (Fsp3) is 0.429. The Morgan fingerprint density at radius 3 is 2.92 bits per heavy atom. The molecule has 2 aromatic heterocycles. The molecule has 0 bridgehead atoms. The lowest BCUT2D eigenvalue weighted by atomic mass is 9.86. The third-order valence-corrected chi connectivity index (χ3v) is 7.16. The number of aromatic nitrogens is 1. The molecule has 0 radical (unpaired) electrons. The number of anilines is 1. The van der Waals surface area contributed by atoms with E-state index in [-0.39, 0.29) is 5.91 Å². The average Bonchev–Trinajstić information content (AvgIpc) is 3.28. The van der Waals surface area contributed by atoms with Gasteiger partial charge in [0.1, 0.15) is 0 Å². The first-order chi connectivity index (χ1) is 12.8. The number of benzene rings is 1. The lowest BCUT2D eigenvalue weighted by Crippen LogP contribution is -2.14. The van der Waals surface area contributed by atoms with Gasteiger partial charge in [-0.05, 0) is 34.7 Å². The summed E-state index contributed by atoms with van der Waals surface area (Å²) in [4.78, 5) is 17.8. The quantitative estimate of drug-likeness (QED) is 0.546. The van der Waals surface area contributed by atoms with Crippen LogP contribution in [0.5, 0.6) is 0 Å². The molecule has 1 amide bonds. The monoisotopic (exact) mass is 384 g/mol. The second kappa shape index (κ2) is 8.31. The molecule has 1 aromatic carbocycles. The van der Waals surface area contributed by atoms with Crippen LogP contribution in [0.3, 0.4) is 0 Å². The minimum Gasteiger partial charge on any atom is -0.302 e. The maximum atomic E-state index is 12.2. The van der Waals surface area contributed by atoms with Crippen molar-refractivity contribution in [1.82, 2.24) is 4.98 Å². The van der Waals surface area contributed by atoms with Crippen molar-refractivity contribution in [2.45, 2.75) is 51.4 Å². The summed E-state index contributed by atoms with van der Waals surface area (Å²) >= 11 is 3.38. The molecule has 0 unspecified atom stereocenters. The number of carbonyl (C=O) groups excluding carboxylic acids is 1. The van der Waals surface area contributed by atoms with Crippen LogP contribution in [0.4, 0.5) is 5.13 Å². The molecule has 1 aliphatic rings. The predicted octanol–water partition coefficient (Wildman–Crippen LogP) is 6.25. The van der Waals surface area contributed by atoms with E-state index < -0.39 is 0 Å². The first-order valence-corrected chi connectivity index (χ1v) is 11.2. The molecule has 1 fully saturated rings. The second-order valence-electron chi connectivity index (χ2n) is 7.16. The van der Waals surface area contributed by atoms with Gasteiger partial charge < -0.3 is 5.32 Å². The summed E-state index contributed by atoms with van der Waals surface area (Å²) in [5, 5.41) is 7.27. The van der Waals surface area contributed by atoms with E-state index in [0.717, 1.165) is 23.9 Å². The van der Waals surface area contributed by atoms with Crippen molar-refractivity contribution < 1.29 is 4.79 Å². The van der Waals surface area contributed by atoms with Crippen LogP contribution in [-0.2, 0) is 11.2 Å². The summed E-state index contributed by atoms with van der Waals surface area (Å²) in [6, 6.07) is 8.50. The van der Waals surface area contributed by atoms with E-state index in [9.17, 15) is 4.79 Å². The van der Waals surface area contributed by atoms with Crippen LogP contribution in [0.25, 0.3) is 10.1 Å². The van der Waals surface area contributed by atoms with Crippen LogP contribution in [0.2, 0.25) is 0 Å². The summed E-state index contributed by atoms with van der Waals surface area (Å²) in [6.07, 6.45) is 11.0. The van der Waals surface area contributed by atoms with Crippen LogP contribution in [0.15, 0.2) is 35.8 Å². The fourth-order valence-electron chi connectivity index (χ4n) is 3.80. The SMILES string of the molecule is O=C(CCC1CCCCC1)Nc1ncc(Cc2csc3ccccc23)s1. The van der Waals surface area contributed by atoms with Crippen molar-refractivity contribution in [2.24, 2.45) is 5.92 Å². The Balaban J connectivity index is 1.32. The highest BCUT2D eigenvalue weighted by Gasteiger charge is 2.15. The number of thiophene rings is 1. The third-order valence-electron chi connectivity index (χ3n) is 5.23. The molecule has 0 atom stereocenters. The topological polar surface area (TPSA) is 42.0 Å². The van der Waals surface area contributed by atoms with Gasteiger partial charge in [-0.15, -0.1) is 22.7 Å². The van der Waals surface area contributed by atoms with Crippen LogP contribution in [-0.4, -0.2) is 10.9 Å². The Bertz CT molecular complexity index is 877. The Morgan fingerprint density at radius 1 is 1.19 bits per heavy atom. The number of rotatable bonds is 6. The Hall–Kier alpha value is -1.72. The van der Waals surface area contributed by atoms with Gasteiger partial charge in [0.15, 0.2) is 5.13 Å². The van der Waals surface area contributed by atoms with Gasteiger partial charge in [0.2, 0.25) is 5.91 Å². The molecular weight excluding hydrogens is 360 g/mol. The van der Waals surface area contributed by atoms with E-state index in [1.54, 1.807) is 22.7 Å². The summed E-state index contributed by atoms with van der Waals surface area (Å²) < 4.78 is 1.32. The summed E-state index contributed by atoms with van der Waals surface area (Å²) in [5.74, 6) is 0.852. The molecule has 0 saturated heterocycles. The number of carbonyl (C=O) groups is 1. The van der Waals surface area contributed by atoms with Crippen molar-refractivity contribution >= 4 is 43.8 Å². The van der Waals surface area contributed by atoms with E-state index in [4.69, 9.17) is 0 Å². The highest BCUT2D eigenvalue weighted by Crippen LogP contribution is 2.30. The standard InChI is InChI=1S/C21H24N2OS2/c24-20(11-10-15-6-2-1-3-7-15)23-21-22-13-17(26-21)12-16-14-25-19-9-5-4-8-18(16)19/h4-5,8-9,13-15H,1-3,6-7,10-12H2,(H,22,23,24). The maximum absolute atomic E-state index is 12.2. The average molecular weight is 385 g/mol. The number of nitrogens with zero attached hydrogens (tertiary/aromatic N) is 1. The zero-order chi connectivity index (χ0) is 17.8. The summed E-state index contributed by atoms with van der Waals surface area (Å²) in [7, 11) is 0. The summed E-state index contributed by atoms with van der Waals surface area (Å²) in [5.41, 5.74) is 1.34. The normalized spacial score (nSPS) is 15.4. The van der Waals surface area contributed by atoms with Crippen LogP contribution >= 0.6 is 22.7 Å². The number of hydrogen-bond donors (Lipinski definition) is 1. The molecule has 1 saturated carbocycles. The van der Waals surface area contributed by atoms with Gasteiger partial charge in [-0.1, -0.05) is 50.3 Å². The molecule has 4 rings (SSSR count). The number of nitrogens with one attached hydrogen (secondary N) is 1. The van der Waals surface area contributed by atoms with Gasteiger partial charge in [0, 0.05) is 28.6 Å². The number of fused-ring (bicyclic) bond motifs is 1. The van der Waals surface area contributed by atoms with Gasteiger partial charge in [0.25, 0.3) is 0 Å². The fourth-order valence-corrected chi connectivity index (χ4v) is 5.61. The molecular formula is C21H24N2OS2. The van der Waals surface area contributed by atoms with Crippen molar-refractivity contribution in [1.29, 1.82) is 0 Å². The van der Waals surface area contributed by atoms with E-state index in [1.807, 2.05) is 6.20 Å². The van der Waals surface area contributed by atoms with Gasteiger partial charge in [-0.2, -0.15) is 0 Å². The van der Waals surface area contributed by atoms with Gasteiger partial charge in [0.05, 0.1) is 0 Å². The Morgan fingerprint density at radius 2 is 2.04 bits per heavy atom. The van der Waals surface area contributed by atoms with Crippen molar-refractivity contribution in [3.8, 4) is 0 Å². The highest BCUT2D eigenvalue weighted by atomic mass is 32.1. The van der Waals surface area contributed by atoms with Crippen LogP contribution in [0.1, 0.15) is 55.4 Å². The first-order valence-electron chi connectivity index (χ1n) is 9.47. The predicted molar refractivity (Wildman–Crippen MR) is 111 cm³/mol. The van der Waals surface area contributed by atoms with Gasteiger partial charge in [-0.25, -0.2) is 4.98 Å². The molecule has 136 valence electrons. The minimum atomic E-state index is 0.109. The first kappa shape index (κ1) is 17.7. The van der Waals surface area contributed by atoms with E-state index in [0.29, 0.717) is 6.42 Å². The largest absolute Gasteiger partial charge is 0.302 e. The van der Waals surface area contributed by atoms with Crippen LogP contribution < -0.4 is 5.32 Å². The molecule has 0 spiro atoms. The molecule has 1 N–H and O–H groups in total. The number of hydrogen-bond acceptors (Lipinski definition) is 4. The Labute approximate surface area is 162 Å². The van der Waals surface area contributed by atoms with E-state index >= 15 is 0 Å². The molecule has 26 heavy (non-hydrogen) atoms. The lowest BCUT2D eigenvalue weighted by Gasteiger charge is -2.20. The lowest BCUT2D eigenvalue weighted by molar-refractivity contribution is -0.116. The minimum absolute atomic E-state index is 0.109. The second-order valence-corrected chi connectivity index (χ2v) is 9.18. The number of amides is 1. The van der Waals surface area contributed by atoms with E-state index in [2.05, 4.69) is 39.9 Å². The van der Waals surface area contributed by atoms with E-state index in [1.165, 1.54) is 52.6 Å². The van der Waals surface area contributed by atoms with Crippen molar-refractivity contribution in [2.75, 3.05) is 5.32 Å². The number of thiazole rings is 1. The highest BCUT2D eigenvalue weighted by molar-refractivity contribution is 7.17. The zero-order valence-electron chi connectivity index (χ0n) is 14.9. The smallest absolute Gasteiger partial charge is 0.226 e. The maximum Gasteiger partial charge on any atom is 0.226 e. The molecule has 5 heteroatoms. The van der Waals surface area contributed by atoms with Gasteiger partial charge in [-0.3, -0.25) is 4.79 Å². The molecule has 2 heterocycles. The molecule has 3 nitrogen and oxygen atoms in total. The molecule has 1 aliphatic carbocycles.